The highest BCUT2D eigenvalue weighted by molar-refractivity contribution is 8.10. The number of rotatable bonds is 11. The lowest BCUT2D eigenvalue weighted by Crippen LogP contribution is -2.51. The van der Waals surface area contributed by atoms with E-state index in [0.717, 1.165) is 6.42 Å². The summed E-state index contributed by atoms with van der Waals surface area (Å²) in [5.41, 5.74) is 15.4. The van der Waals surface area contributed by atoms with Crippen molar-refractivity contribution in [3.8, 4) is 44.5 Å². The van der Waals surface area contributed by atoms with E-state index in [2.05, 4.69) is 345 Å². The van der Waals surface area contributed by atoms with Crippen molar-refractivity contribution >= 4 is 154 Å². The Morgan fingerprint density at radius 2 is 0.522 bits per heavy atom. The first-order chi connectivity index (χ1) is 45.7. The first kappa shape index (κ1) is 54.5. The Kier molecular flexibility index (Phi) is 13.5. The summed E-state index contributed by atoms with van der Waals surface area (Å²) < 4.78 is 1.33. The fourth-order valence-corrected chi connectivity index (χ4v) is 18.3. The highest BCUT2D eigenvalue weighted by Gasteiger charge is 2.37. The second kappa shape index (κ2) is 22.8. The number of benzene rings is 16. The number of fused-ring (bicyclic) bond motifs is 8. The fourth-order valence-electron chi connectivity index (χ4n) is 15.6. The van der Waals surface area contributed by atoms with Gasteiger partial charge >= 0.3 is 0 Å². The van der Waals surface area contributed by atoms with Crippen LogP contribution in [0.25, 0.3) is 136 Å². The summed E-state index contributed by atoms with van der Waals surface area (Å²) in [6.45, 7) is -0.0162. The molecule has 0 saturated heterocycles. The van der Waals surface area contributed by atoms with E-state index in [1.54, 1.807) is 0 Å². The molecule has 16 aromatic carbocycles. The first-order valence-electron chi connectivity index (χ1n) is 32.1. The molecule has 1 aromatic heterocycles. The summed E-state index contributed by atoms with van der Waals surface area (Å²) in [7, 11) is 0. The average molecular weight is 1200 g/mol. The summed E-state index contributed by atoms with van der Waals surface area (Å²) in [6, 6.07) is 123. The molecule has 0 amide bonds. The van der Waals surface area contributed by atoms with E-state index in [1.807, 2.05) is 11.3 Å². The molecule has 0 N–H and O–H groups in total. The van der Waals surface area contributed by atoms with Crippen LogP contribution in [0.4, 0.5) is 0 Å². The van der Waals surface area contributed by atoms with Crippen LogP contribution in [0.5, 0.6) is 0 Å². The zero-order valence-corrected chi connectivity index (χ0v) is 52.1. The van der Waals surface area contributed by atoms with Gasteiger partial charge in [-0.05, 0) is 148 Å². The van der Waals surface area contributed by atoms with Crippen LogP contribution in [0.3, 0.4) is 0 Å². The second-order valence-electron chi connectivity index (χ2n) is 24.7. The molecular weight excluding hydrogens is 1140 g/mol. The number of thiophene rings is 1. The van der Waals surface area contributed by atoms with E-state index in [9.17, 15) is 0 Å². The van der Waals surface area contributed by atoms with Crippen LogP contribution in [0.1, 0.15) is 11.3 Å². The lowest BCUT2D eigenvalue weighted by molar-refractivity contribution is 1.18. The number of allylic oxidation sites excluding steroid dienone is 1. The van der Waals surface area contributed by atoms with Gasteiger partial charge in [0.1, 0.15) is 0 Å². The number of hydrogen-bond acceptors (Lipinski definition) is 2. The smallest absolute Gasteiger partial charge is 0.149 e. The molecule has 0 fully saturated rings. The summed E-state index contributed by atoms with van der Waals surface area (Å²) in [5.74, 6) is 0. The quantitative estimate of drug-likeness (QED) is 0.116. The van der Waals surface area contributed by atoms with Crippen molar-refractivity contribution in [2.24, 2.45) is 0 Å². The minimum absolute atomic E-state index is 0.0529. The summed E-state index contributed by atoms with van der Waals surface area (Å²) in [6.07, 6.45) is 3.50. The Balaban J connectivity index is 0.791. The van der Waals surface area contributed by atoms with Crippen molar-refractivity contribution in [2.45, 2.75) is 11.6 Å². The van der Waals surface area contributed by atoms with Gasteiger partial charge in [-0.25, -0.2) is 0 Å². The Labute approximate surface area is 545 Å². The molecule has 92 heavy (non-hydrogen) atoms. The molecule has 428 valence electrons. The summed E-state index contributed by atoms with van der Waals surface area (Å²) in [5, 5.41) is 20.5. The SMILES string of the molecule is C1=C(c2ccc(B(c3ccc(-c4cccc5ccccc45)c4ccccc34)c3ccc(-c4cccc5ccccc45)c4ccccc34)s2)SC(B(c2ccc(-c3cccc4ccccc34)c3ccccc23)c2ccc(-c3cccc4ccccc34)c3ccccc23)C1. The monoisotopic (exact) mass is 1200 g/mol. The molecule has 1 aliphatic rings. The van der Waals surface area contributed by atoms with Crippen LogP contribution in [-0.2, 0) is 0 Å². The van der Waals surface area contributed by atoms with Crippen molar-refractivity contribution < 1.29 is 0 Å². The van der Waals surface area contributed by atoms with Gasteiger partial charge in [0.05, 0.1) is 0 Å². The lowest BCUT2D eigenvalue weighted by atomic mass is 9.36. The zero-order chi connectivity index (χ0) is 60.6. The molecule has 17 aromatic rings. The molecule has 0 aliphatic carbocycles. The van der Waals surface area contributed by atoms with Crippen molar-refractivity contribution in [3.05, 3.63) is 339 Å². The van der Waals surface area contributed by atoms with Crippen LogP contribution in [-0.4, -0.2) is 18.6 Å². The minimum atomic E-state index is -0.0690. The molecule has 1 aliphatic heterocycles. The molecule has 0 bridgehead atoms. The number of hydrogen-bond donors (Lipinski definition) is 0. The first-order valence-corrected chi connectivity index (χ1v) is 33.8. The summed E-state index contributed by atoms with van der Waals surface area (Å²) in [4.78, 5) is 2.67. The molecule has 1 unspecified atom stereocenters. The molecular formula is C88H58B2S2. The molecule has 2 heterocycles. The van der Waals surface area contributed by atoms with E-state index < -0.39 is 0 Å². The van der Waals surface area contributed by atoms with Crippen LogP contribution >= 0.6 is 23.1 Å². The third kappa shape index (κ3) is 9.15. The van der Waals surface area contributed by atoms with E-state index in [0.29, 0.717) is 0 Å². The maximum atomic E-state index is 2.56. The predicted molar refractivity (Wildman–Crippen MR) is 406 cm³/mol. The van der Waals surface area contributed by atoms with Gasteiger partial charge in [0.25, 0.3) is 6.71 Å². The molecule has 0 radical (unpaired) electrons. The van der Waals surface area contributed by atoms with Gasteiger partial charge in [0.2, 0.25) is 6.71 Å². The van der Waals surface area contributed by atoms with Gasteiger partial charge in [0.15, 0.2) is 0 Å². The Morgan fingerprint density at radius 3 is 0.880 bits per heavy atom. The highest BCUT2D eigenvalue weighted by atomic mass is 32.2. The zero-order valence-electron chi connectivity index (χ0n) is 50.5. The van der Waals surface area contributed by atoms with E-state index in [-0.39, 0.29) is 18.6 Å². The van der Waals surface area contributed by atoms with Gasteiger partial charge in [-0.2, -0.15) is 0 Å². The molecule has 1 atom stereocenters. The molecule has 4 heteroatoms. The Hall–Kier alpha value is -10.5. The predicted octanol–water partition coefficient (Wildman–Crippen LogP) is 20.9. The Bertz CT molecular complexity index is 5490. The van der Waals surface area contributed by atoms with Gasteiger partial charge in [-0.3, -0.25) is 0 Å². The molecule has 0 nitrogen and oxygen atoms in total. The Morgan fingerprint density at radius 1 is 0.239 bits per heavy atom. The third-order valence-corrected chi connectivity index (χ3v) is 22.5. The van der Waals surface area contributed by atoms with Crippen LogP contribution in [0, 0.1) is 0 Å². The second-order valence-corrected chi connectivity index (χ2v) is 27.1. The molecule has 18 rings (SSSR count). The van der Waals surface area contributed by atoms with Crippen molar-refractivity contribution in [2.75, 3.05) is 0 Å². The van der Waals surface area contributed by atoms with E-state index >= 15 is 0 Å². The maximum Gasteiger partial charge on any atom is 0.255 e. The standard InChI is InChI=1S/C88H58B2S2/c1-5-29-61-57(21-1)25-17-41-65(61)73-45-49-81(77-37-13-9-33-69(73)77)89(82-50-46-74(70-34-10-14-38-78(70)82)66-42-18-26-58-22-2-6-30-62(58)66)87-55-53-85(91-87)86-54-56-88(92-86)90(83-51-47-75(71-35-11-15-39-79(71)83)67-43-19-27-59-23-3-7-31-63(59)67)84-52-48-76(72-36-12-16-40-80(72)84)68-44-20-28-60-24-4-8-32-64(60)68/h1-55,88H,56H2. The van der Waals surface area contributed by atoms with Gasteiger partial charge in [0, 0.05) is 14.9 Å². The number of thioether (sulfide) groups is 1. The summed E-state index contributed by atoms with van der Waals surface area (Å²) >= 11 is 4.05. The largest absolute Gasteiger partial charge is 0.255 e. The minimum Gasteiger partial charge on any atom is -0.149 e. The maximum absolute atomic E-state index is 2.56. The van der Waals surface area contributed by atoms with Crippen molar-refractivity contribution in [1.29, 1.82) is 0 Å². The highest BCUT2D eigenvalue weighted by Crippen LogP contribution is 2.45. The van der Waals surface area contributed by atoms with Crippen molar-refractivity contribution in [3.63, 3.8) is 0 Å². The molecule has 0 spiro atoms. The van der Waals surface area contributed by atoms with E-state index in [1.165, 1.54) is 167 Å². The van der Waals surface area contributed by atoms with E-state index in [4.69, 9.17) is 0 Å². The fraction of sp³-hybridized carbons (Fsp3) is 0.0227. The van der Waals surface area contributed by atoms with Crippen LogP contribution in [0.2, 0.25) is 0 Å². The van der Waals surface area contributed by atoms with Crippen LogP contribution in [0.15, 0.2) is 334 Å². The van der Waals surface area contributed by atoms with Crippen LogP contribution < -0.4 is 26.6 Å². The average Bonchev–Trinajstić information content (AvgIpc) is 1.10. The molecule has 0 saturated carbocycles. The van der Waals surface area contributed by atoms with Gasteiger partial charge in [-0.1, -0.05) is 349 Å². The lowest BCUT2D eigenvalue weighted by Gasteiger charge is -2.26. The third-order valence-electron chi connectivity index (χ3n) is 19.8. The van der Waals surface area contributed by atoms with Crippen molar-refractivity contribution in [1.82, 2.24) is 0 Å². The topological polar surface area (TPSA) is 0 Å². The van der Waals surface area contributed by atoms with Gasteiger partial charge < -0.3 is 0 Å². The van der Waals surface area contributed by atoms with Gasteiger partial charge in [-0.15, -0.1) is 23.1 Å². The normalized spacial score (nSPS) is 13.3.